The fourth-order valence-corrected chi connectivity index (χ4v) is 5.43. The number of Topliss-reactive ketones (excluding diaryl/α,β-unsaturated/α-hetero) is 1. The van der Waals surface area contributed by atoms with Crippen LogP contribution in [0.2, 0.25) is 0 Å². The van der Waals surface area contributed by atoms with E-state index in [2.05, 4.69) is 0 Å². The smallest absolute Gasteiger partial charge is 0.300 e. The van der Waals surface area contributed by atoms with Crippen molar-refractivity contribution < 1.29 is 24.2 Å². The molecule has 36 heavy (non-hydrogen) atoms. The third-order valence-electron chi connectivity index (χ3n) is 6.31. The molecule has 4 aromatic rings. The van der Waals surface area contributed by atoms with Gasteiger partial charge in [0.1, 0.15) is 29.0 Å². The van der Waals surface area contributed by atoms with Crippen LogP contribution in [0.15, 0.2) is 95.9 Å². The van der Waals surface area contributed by atoms with E-state index in [1.807, 2.05) is 53.9 Å². The molecule has 6 rings (SSSR count). The molecule has 0 spiro atoms. The van der Waals surface area contributed by atoms with Gasteiger partial charge in [0.15, 0.2) is 0 Å². The number of rotatable bonds is 5. The van der Waals surface area contributed by atoms with Crippen LogP contribution in [0.25, 0.3) is 5.76 Å². The second-order valence-corrected chi connectivity index (χ2v) is 9.49. The van der Waals surface area contributed by atoms with Gasteiger partial charge in [0.05, 0.1) is 12.2 Å². The number of aliphatic hydroxyl groups excluding tert-OH is 1. The highest BCUT2D eigenvalue weighted by atomic mass is 32.1. The van der Waals surface area contributed by atoms with Gasteiger partial charge in [-0.15, -0.1) is 11.3 Å². The molecule has 1 aromatic heterocycles. The number of benzene rings is 3. The lowest BCUT2D eigenvalue weighted by Crippen LogP contribution is -2.29. The fourth-order valence-electron chi connectivity index (χ4n) is 4.60. The Hall–Kier alpha value is -4.36. The van der Waals surface area contributed by atoms with Crippen LogP contribution in [0.5, 0.6) is 17.2 Å². The summed E-state index contributed by atoms with van der Waals surface area (Å²) in [6, 6.07) is 24.7. The summed E-state index contributed by atoms with van der Waals surface area (Å²) < 4.78 is 11.4. The number of ether oxygens (including phenoxy) is 2. The molecule has 1 amide bonds. The quantitative estimate of drug-likeness (QED) is 0.206. The molecule has 2 aliphatic rings. The number of hydrogen-bond acceptors (Lipinski definition) is 6. The summed E-state index contributed by atoms with van der Waals surface area (Å²) in [5.74, 6) is 0.495. The predicted molar refractivity (Wildman–Crippen MR) is 138 cm³/mol. The van der Waals surface area contributed by atoms with Crippen LogP contribution in [-0.4, -0.2) is 23.4 Å². The monoisotopic (exact) mass is 495 g/mol. The standard InChI is InChI=1S/C29H21NO5S/c31-27(19-8-13-23-18(17-19)14-15-34-23)25-26(24-7-4-16-36-24)30(29(33)28(25)32)20-9-11-22(12-10-20)35-21-5-2-1-3-6-21/h1-13,16-17,26,31H,14-15H2/b27-25-. The van der Waals surface area contributed by atoms with E-state index in [9.17, 15) is 14.7 Å². The average molecular weight is 496 g/mol. The van der Waals surface area contributed by atoms with E-state index in [0.29, 0.717) is 29.4 Å². The molecule has 7 heteroatoms. The molecule has 1 fully saturated rings. The molecule has 1 saturated heterocycles. The zero-order valence-corrected chi connectivity index (χ0v) is 19.9. The van der Waals surface area contributed by atoms with Gasteiger partial charge in [-0.1, -0.05) is 24.3 Å². The van der Waals surface area contributed by atoms with E-state index in [1.54, 1.807) is 36.4 Å². The van der Waals surface area contributed by atoms with Crippen LogP contribution >= 0.6 is 11.3 Å². The van der Waals surface area contributed by atoms with E-state index < -0.39 is 17.7 Å². The maximum Gasteiger partial charge on any atom is 0.300 e. The normalized spacial score (nSPS) is 18.2. The molecule has 178 valence electrons. The highest BCUT2D eigenvalue weighted by molar-refractivity contribution is 7.10. The number of para-hydroxylation sites is 1. The Morgan fingerprint density at radius 2 is 1.72 bits per heavy atom. The average Bonchev–Trinajstić information content (AvgIpc) is 3.65. The molecule has 1 atom stereocenters. The third-order valence-corrected chi connectivity index (χ3v) is 7.24. The largest absolute Gasteiger partial charge is 0.507 e. The molecule has 3 heterocycles. The number of anilines is 1. The van der Waals surface area contributed by atoms with Crippen molar-refractivity contribution in [3.8, 4) is 17.2 Å². The van der Waals surface area contributed by atoms with Crippen molar-refractivity contribution in [2.45, 2.75) is 12.5 Å². The highest BCUT2D eigenvalue weighted by Gasteiger charge is 2.47. The molecule has 0 bridgehead atoms. The minimum Gasteiger partial charge on any atom is -0.507 e. The number of thiophene rings is 1. The summed E-state index contributed by atoms with van der Waals surface area (Å²) in [7, 11) is 0. The minimum atomic E-state index is -0.740. The number of ketones is 1. The van der Waals surface area contributed by atoms with Crippen molar-refractivity contribution in [2.24, 2.45) is 0 Å². The fraction of sp³-hybridized carbons (Fsp3) is 0.103. The number of aliphatic hydroxyl groups is 1. The van der Waals surface area contributed by atoms with Gasteiger partial charge in [0.25, 0.3) is 11.7 Å². The first-order chi connectivity index (χ1) is 17.6. The Bertz CT molecular complexity index is 1480. The van der Waals surface area contributed by atoms with Crippen LogP contribution in [0, 0.1) is 0 Å². The molecule has 0 saturated carbocycles. The second-order valence-electron chi connectivity index (χ2n) is 8.51. The van der Waals surface area contributed by atoms with Crippen LogP contribution in [0.3, 0.4) is 0 Å². The summed E-state index contributed by atoms with van der Waals surface area (Å²) in [6.45, 7) is 0.586. The number of hydrogen-bond donors (Lipinski definition) is 1. The lowest BCUT2D eigenvalue weighted by Gasteiger charge is -2.24. The number of carbonyl (C=O) groups is 2. The summed E-state index contributed by atoms with van der Waals surface area (Å²) in [4.78, 5) is 28.8. The van der Waals surface area contributed by atoms with Crippen molar-refractivity contribution in [3.63, 3.8) is 0 Å². The first-order valence-corrected chi connectivity index (χ1v) is 12.4. The third kappa shape index (κ3) is 3.83. The number of nitrogens with zero attached hydrogens (tertiary/aromatic N) is 1. The van der Waals surface area contributed by atoms with Gasteiger partial charge >= 0.3 is 0 Å². The molecular weight excluding hydrogens is 474 g/mol. The van der Waals surface area contributed by atoms with Gasteiger partial charge in [-0.2, -0.15) is 0 Å². The lowest BCUT2D eigenvalue weighted by atomic mass is 9.98. The summed E-state index contributed by atoms with van der Waals surface area (Å²) in [6.07, 6.45) is 0.733. The molecule has 1 N–H and O–H groups in total. The zero-order valence-electron chi connectivity index (χ0n) is 19.1. The Morgan fingerprint density at radius 3 is 2.47 bits per heavy atom. The Morgan fingerprint density at radius 1 is 0.944 bits per heavy atom. The molecule has 2 aliphatic heterocycles. The lowest BCUT2D eigenvalue weighted by molar-refractivity contribution is -0.132. The Balaban J connectivity index is 1.40. The van der Waals surface area contributed by atoms with Crippen LogP contribution in [0.1, 0.15) is 22.0 Å². The maximum atomic E-state index is 13.3. The molecule has 0 radical (unpaired) electrons. The molecule has 3 aromatic carbocycles. The van der Waals surface area contributed by atoms with Crippen LogP contribution in [-0.2, 0) is 16.0 Å². The topological polar surface area (TPSA) is 76.1 Å². The van der Waals surface area contributed by atoms with E-state index >= 15 is 0 Å². The number of carbonyl (C=O) groups excluding carboxylic acids is 2. The van der Waals surface area contributed by atoms with Gasteiger partial charge in [-0.05, 0) is 71.6 Å². The molecule has 0 aliphatic carbocycles. The maximum absolute atomic E-state index is 13.3. The van der Waals surface area contributed by atoms with E-state index in [0.717, 1.165) is 22.6 Å². The van der Waals surface area contributed by atoms with E-state index in [-0.39, 0.29) is 11.3 Å². The van der Waals surface area contributed by atoms with Gasteiger partial charge in [0, 0.05) is 22.5 Å². The molecular formula is C29H21NO5S. The first-order valence-electron chi connectivity index (χ1n) is 11.5. The van der Waals surface area contributed by atoms with Crippen LogP contribution in [0.4, 0.5) is 5.69 Å². The van der Waals surface area contributed by atoms with Crippen LogP contribution < -0.4 is 14.4 Å². The highest BCUT2D eigenvalue weighted by Crippen LogP contribution is 2.44. The summed E-state index contributed by atoms with van der Waals surface area (Å²) >= 11 is 1.43. The molecule has 6 nitrogen and oxygen atoms in total. The van der Waals surface area contributed by atoms with Gasteiger partial charge in [-0.3, -0.25) is 14.5 Å². The summed E-state index contributed by atoms with van der Waals surface area (Å²) in [5.41, 5.74) is 2.07. The van der Waals surface area contributed by atoms with E-state index in [4.69, 9.17) is 9.47 Å². The van der Waals surface area contributed by atoms with Crippen molar-refractivity contribution in [2.75, 3.05) is 11.5 Å². The SMILES string of the molecule is O=C1C(=O)N(c2ccc(Oc3ccccc3)cc2)C(c2cccs2)/C1=C(/O)c1ccc2c(c1)CCO2. The van der Waals surface area contributed by atoms with Crippen molar-refractivity contribution in [1.82, 2.24) is 0 Å². The Kier molecular flexibility index (Phi) is 5.54. The number of amides is 1. The Labute approximate surface area is 211 Å². The second kappa shape index (κ2) is 9.02. The van der Waals surface area contributed by atoms with Gasteiger partial charge in [0.2, 0.25) is 0 Å². The summed E-state index contributed by atoms with van der Waals surface area (Å²) in [5, 5.41) is 13.2. The van der Waals surface area contributed by atoms with Gasteiger partial charge < -0.3 is 14.6 Å². The van der Waals surface area contributed by atoms with Gasteiger partial charge in [-0.25, -0.2) is 0 Å². The molecule has 1 unspecified atom stereocenters. The zero-order chi connectivity index (χ0) is 24.6. The van der Waals surface area contributed by atoms with Crippen molar-refractivity contribution in [3.05, 3.63) is 112 Å². The van der Waals surface area contributed by atoms with E-state index in [1.165, 1.54) is 16.2 Å². The van der Waals surface area contributed by atoms with Crippen molar-refractivity contribution >= 4 is 34.5 Å². The predicted octanol–water partition coefficient (Wildman–Crippen LogP) is 6.10. The number of fused-ring (bicyclic) bond motifs is 1. The first kappa shape index (κ1) is 22.1. The minimum absolute atomic E-state index is 0.0749. The van der Waals surface area contributed by atoms with Crippen molar-refractivity contribution in [1.29, 1.82) is 0 Å².